The summed E-state index contributed by atoms with van der Waals surface area (Å²) in [7, 11) is -7.37. The van der Waals surface area contributed by atoms with Crippen LogP contribution in [0.5, 0.6) is 0 Å². The second-order valence-electron chi connectivity index (χ2n) is 9.13. The minimum absolute atomic E-state index is 0.0362. The zero-order valence-corrected chi connectivity index (χ0v) is 23.7. The number of benzene rings is 3. The number of amides is 1. The average molecular weight is 597 g/mol. The van der Waals surface area contributed by atoms with Crippen molar-refractivity contribution in [3.63, 3.8) is 0 Å². The highest BCUT2D eigenvalue weighted by atomic mass is 35.5. The van der Waals surface area contributed by atoms with Gasteiger partial charge in [0.15, 0.2) is 0 Å². The second-order valence-corrected chi connectivity index (χ2v) is 13.7. The van der Waals surface area contributed by atoms with Crippen LogP contribution in [0.1, 0.15) is 24.0 Å². The highest BCUT2D eigenvalue weighted by Gasteiger charge is 2.31. The van der Waals surface area contributed by atoms with Gasteiger partial charge in [0, 0.05) is 34.7 Å². The molecule has 1 aliphatic rings. The fourth-order valence-electron chi connectivity index (χ4n) is 4.15. The SMILES string of the molecule is Cc1ccc(Cl)cc1NS(=O)(=O)c1ccc(NC(=O)C2CCN(S(=O)(=O)Cc3ccc(Cl)cc3)CC2)cc1. The standard InChI is InChI=1S/C26H27Cl2N3O5S2/c1-18-2-5-22(28)16-25(18)30-38(35,36)24-10-8-23(9-11-24)29-26(32)20-12-14-31(15-13-20)37(33,34)17-19-3-6-21(27)7-4-19/h2-11,16,20,30H,12-15,17H2,1H3,(H,29,32). The first-order chi connectivity index (χ1) is 17.9. The van der Waals surface area contributed by atoms with Gasteiger partial charge in [0.25, 0.3) is 10.0 Å². The first-order valence-corrected chi connectivity index (χ1v) is 15.7. The molecule has 202 valence electrons. The molecular formula is C26H27Cl2N3O5S2. The number of rotatable bonds is 8. The lowest BCUT2D eigenvalue weighted by Crippen LogP contribution is -2.41. The molecule has 0 bridgehead atoms. The van der Waals surface area contributed by atoms with Crippen LogP contribution in [0, 0.1) is 12.8 Å². The number of hydrogen-bond donors (Lipinski definition) is 2. The Labute approximate surface area is 233 Å². The molecule has 2 N–H and O–H groups in total. The maximum absolute atomic E-state index is 12.8. The first kappa shape index (κ1) is 28.4. The molecule has 0 aromatic heterocycles. The van der Waals surface area contributed by atoms with Gasteiger partial charge in [-0.15, -0.1) is 0 Å². The number of sulfonamides is 2. The summed E-state index contributed by atoms with van der Waals surface area (Å²) in [5.41, 5.74) is 2.21. The van der Waals surface area contributed by atoms with Crippen LogP contribution >= 0.6 is 23.2 Å². The van der Waals surface area contributed by atoms with Gasteiger partial charge in [0.05, 0.1) is 16.3 Å². The van der Waals surface area contributed by atoms with E-state index in [-0.39, 0.29) is 35.6 Å². The van der Waals surface area contributed by atoms with Crippen molar-refractivity contribution in [1.29, 1.82) is 0 Å². The van der Waals surface area contributed by atoms with Crippen LogP contribution < -0.4 is 10.0 Å². The zero-order chi connectivity index (χ0) is 27.5. The van der Waals surface area contributed by atoms with Gasteiger partial charge in [-0.05, 0) is 79.4 Å². The molecule has 1 fully saturated rings. The molecule has 3 aromatic carbocycles. The first-order valence-electron chi connectivity index (χ1n) is 11.9. The van der Waals surface area contributed by atoms with E-state index in [4.69, 9.17) is 23.2 Å². The van der Waals surface area contributed by atoms with E-state index in [1.165, 1.54) is 34.6 Å². The molecule has 1 aliphatic heterocycles. The average Bonchev–Trinajstić information content (AvgIpc) is 2.88. The quantitative estimate of drug-likeness (QED) is 0.367. The van der Waals surface area contributed by atoms with E-state index in [2.05, 4.69) is 10.0 Å². The number of hydrogen-bond acceptors (Lipinski definition) is 5. The third kappa shape index (κ3) is 7.06. The third-order valence-electron chi connectivity index (χ3n) is 6.36. The summed E-state index contributed by atoms with van der Waals surface area (Å²) in [6.45, 7) is 2.27. The molecule has 1 heterocycles. The van der Waals surface area contributed by atoms with Crippen LogP contribution in [-0.4, -0.2) is 40.1 Å². The van der Waals surface area contributed by atoms with Crippen LogP contribution in [0.3, 0.4) is 0 Å². The van der Waals surface area contributed by atoms with E-state index < -0.39 is 20.0 Å². The highest BCUT2D eigenvalue weighted by Crippen LogP contribution is 2.26. The Morgan fingerprint density at radius 2 is 1.50 bits per heavy atom. The Morgan fingerprint density at radius 1 is 0.895 bits per heavy atom. The Bertz CT molecular complexity index is 1520. The van der Waals surface area contributed by atoms with Crippen molar-refractivity contribution in [2.75, 3.05) is 23.1 Å². The van der Waals surface area contributed by atoms with Gasteiger partial charge in [0.2, 0.25) is 15.9 Å². The predicted molar refractivity (Wildman–Crippen MR) is 150 cm³/mol. The summed E-state index contributed by atoms with van der Waals surface area (Å²) in [6.07, 6.45) is 0.780. The van der Waals surface area contributed by atoms with E-state index in [1.54, 1.807) is 43.3 Å². The van der Waals surface area contributed by atoms with E-state index >= 15 is 0 Å². The van der Waals surface area contributed by atoms with Crippen molar-refractivity contribution >= 4 is 60.5 Å². The molecule has 1 amide bonds. The van der Waals surface area contributed by atoms with E-state index in [9.17, 15) is 21.6 Å². The fourth-order valence-corrected chi connectivity index (χ4v) is 7.13. The molecule has 0 saturated carbocycles. The lowest BCUT2D eigenvalue weighted by molar-refractivity contribution is -0.120. The van der Waals surface area contributed by atoms with Crippen LogP contribution in [0.25, 0.3) is 0 Å². The summed E-state index contributed by atoms with van der Waals surface area (Å²) in [6, 6.07) is 17.5. The van der Waals surface area contributed by atoms with Gasteiger partial charge < -0.3 is 5.32 Å². The lowest BCUT2D eigenvalue weighted by atomic mass is 9.97. The Kier molecular flexibility index (Phi) is 8.68. The van der Waals surface area contributed by atoms with Gasteiger partial charge in [-0.3, -0.25) is 9.52 Å². The molecule has 0 radical (unpaired) electrons. The summed E-state index contributed by atoms with van der Waals surface area (Å²) < 4.78 is 55.1. The molecule has 3 aromatic rings. The number of nitrogens with zero attached hydrogens (tertiary/aromatic N) is 1. The molecule has 0 aliphatic carbocycles. The van der Waals surface area contributed by atoms with Gasteiger partial charge >= 0.3 is 0 Å². The number of halogens is 2. The normalized spacial score (nSPS) is 15.2. The van der Waals surface area contributed by atoms with Gasteiger partial charge in [-0.2, -0.15) is 0 Å². The summed E-state index contributed by atoms with van der Waals surface area (Å²) in [5, 5.41) is 3.76. The molecule has 38 heavy (non-hydrogen) atoms. The van der Waals surface area contributed by atoms with E-state index in [0.29, 0.717) is 39.8 Å². The number of nitrogens with one attached hydrogen (secondary N) is 2. The zero-order valence-electron chi connectivity index (χ0n) is 20.5. The van der Waals surface area contributed by atoms with Crippen molar-refractivity contribution in [2.24, 2.45) is 5.92 Å². The fraction of sp³-hybridized carbons (Fsp3) is 0.269. The monoisotopic (exact) mass is 595 g/mol. The summed E-state index contributed by atoms with van der Waals surface area (Å²) in [5.74, 6) is -0.710. The molecular weight excluding hydrogens is 569 g/mol. The molecule has 0 unspecified atom stereocenters. The minimum atomic E-state index is -3.85. The third-order valence-corrected chi connectivity index (χ3v) is 10.1. The number of carbonyl (C=O) groups is 1. The maximum atomic E-state index is 12.8. The molecule has 12 heteroatoms. The highest BCUT2D eigenvalue weighted by molar-refractivity contribution is 7.92. The summed E-state index contributed by atoms with van der Waals surface area (Å²) >= 11 is 11.9. The summed E-state index contributed by atoms with van der Waals surface area (Å²) in [4.78, 5) is 12.8. The maximum Gasteiger partial charge on any atom is 0.261 e. The molecule has 1 saturated heterocycles. The predicted octanol–water partition coefficient (Wildman–Crippen LogP) is 5.28. The largest absolute Gasteiger partial charge is 0.326 e. The smallest absolute Gasteiger partial charge is 0.261 e. The van der Waals surface area contributed by atoms with Crippen molar-refractivity contribution < 1.29 is 21.6 Å². The Morgan fingerprint density at radius 3 is 2.13 bits per heavy atom. The number of carbonyl (C=O) groups excluding carboxylic acids is 1. The van der Waals surface area contributed by atoms with Crippen LogP contribution in [0.2, 0.25) is 10.0 Å². The Hall–Kier alpha value is -2.63. The molecule has 8 nitrogen and oxygen atoms in total. The molecule has 0 atom stereocenters. The van der Waals surface area contributed by atoms with Gasteiger partial charge in [-0.25, -0.2) is 21.1 Å². The van der Waals surface area contributed by atoms with Crippen molar-refractivity contribution in [1.82, 2.24) is 4.31 Å². The number of aryl methyl sites for hydroxylation is 1. The van der Waals surface area contributed by atoms with Crippen molar-refractivity contribution in [3.8, 4) is 0 Å². The Balaban J connectivity index is 1.32. The van der Waals surface area contributed by atoms with Crippen LogP contribution in [-0.2, 0) is 30.6 Å². The van der Waals surface area contributed by atoms with Crippen molar-refractivity contribution in [3.05, 3.63) is 87.9 Å². The van der Waals surface area contributed by atoms with Gasteiger partial charge in [0.1, 0.15) is 0 Å². The number of anilines is 2. The van der Waals surface area contributed by atoms with Crippen molar-refractivity contribution in [2.45, 2.75) is 30.4 Å². The van der Waals surface area contributed by atoms with E-state index in [0.717, 1.165) is 5.56 Å². The van der Waals surface area contributed by atoms with Crippen LogP contribution in [0.15, 0.2) is 71.6 Å². The lowest BCUT2D eigenvalue weighted by Gasteiger charge is -2.30. The van der Waals surface area contributed by atoms with Gasteiger partial charge in [-0.1, -0.05) is 41.4 Å². The molecule has 4 rings (SSSR count). The minimum Gasteiger partial charge on any atom is -0.326 e. The van der Waals surface area contributed by atoms with E-state index in [1.807, 2.05) is 0 Å². The van der Waals surface area contributed by atoms with Crippen LogP contribution in [0.4, 0.5) is 11.4 Å². The topological polar surface area (TPSA) is 113 Å². The number of piperidine rings is 1. The second kappa shape index (κ2) is 11.6. The molecule has 0 spiro atoms.